The lowest BCUT2D eigenvalue weighted by Gasteiger charge is -2.13. The number of rotatable bonds is 2. The Bertz CT molecular complexity index is 727. The van der Waals surface area contributed by atoms with E-state index in [4.69, 9.17) is 0 Å². The molecule has 0 saturated heterocycles. The third kappa shape index (κ3) is 2.39. The number of halogens is 1. The van der Waals surface area contributed by atoms with Crippen molar-refractivity contribution in [1.29, 1.82) is 0 Å². The molecular weight excluding hydrogens is 302 g/mol. The van der Waals surface area contributed by atoms with E-state index in [0.29, 0.717) is 0 Å². The third-order valence-electron chi connectivity index (χ3n) is 3.15. The van der Waals surface area contributed by atoms with Crippen LogP contribution in [-0.2, 0) is 0 Å². The topological polar surface area (TPSA) is 33.1 Å². The summed E-state index contributed by atoms with van der Waals surface area (Å²) in [6.45, 7) is 0. The fourth-order valence-electron chi connectivity index (χ4n) is 2.13. The van der Waals surface area contributed by atoms with E-state index in [1.54, 1.807) is 6.20 Å². The summed E-state index contributed by atoms with van der Waals surface area (Å²) in [5.41, 5.74) is 2.60. The quantitative estimate of drug-likeness (QED) is 0.773. The molecule has 0 bridgehead atoms. The first-order chi connectivity index (χ1) is 9.25. The maximum atomic E-state index is 10.5. The van der Waals surface area contributed by atoms with Crippen LogP contribution in [-0.4, -0.2) is 10.1 Å². The van der Waals surface area contributed by atoms with Gasteiger partial charge in [0.25, 0.3) is 0 Å². The minimum atomic E-state index is -0.651. The molecule has 19 heavy (non-hydrogen) atoms. The molecule has 0 aliphatic carbocycles. The Hall–Kier alpha value is -1.71. The van der Waals surface area contributed by atoms with Crippen molar-refractivity contribution in [2.45, 2.75) is 6.10 Å². The molecule has 0 fully saturated rings. The first kappa shape index (κ1) is 12.3. The number of benzene rings is 2. The van der Waals surface area contributed by atoms with E-state index in [0.717, 1.165) is 26.5 Å². The normalized spacial score (nSPS) is 12.5. The molecule has 0 spiro atoms. The van der Waals surface area contributed by atoms with Crippen LogP contribution in [0.2, 0.25) is 0 Å². The second-order valence-corrected chi connectivity index (χ2v) is 5.23. The molecule has 1 unspecified atom stereocenters. The van der Waals surface area contributed by atoms with Gasteiger partial charge in [0.2, 0.25) is 0 Å². The number of aromatic nitrogens is 1. The molecule has 2 aromatic carbocycles. The first-order valence-electron chi connectivity index (χ1n) is 6.03. The third-order valence-corrected chi connectivity index (χ3v) is 3.87. The molecule has 0 amide bonds. The highest BCUT2D eigenvalue weighted by atomic mass is 79.9. The van der Waals surface area contributed by atoms with E-state index in [1.807, 2.05) is 54.6 Å². The lowest BCUT2D eigenvalue weighted by atomic mass is 10.0. The van der Waals surface area contributed by atoms with E-state index >= 15 is 0 Å². The van der Waals surface area contributed by atoms with Crippen LogP contribution >= 0.6 is 15.9 Å². The summed E-state index contributed by atoms with van der Waals surface area (Å²) >= 11 is 3.47. The summed E-state index contributed by atoms with van der Waals surface area (Å²) in [5, 5.41) is 11.5. The van der Waals surface area contributed by atoms with E-state index in [-0.39, 0.29) is 0 Å². The van der Waals surface area contributed by atoms with Gasteiger partial charge in [-0.1, -0.05) is 52.3 Å². The molecule has 2 nitrogen and oxygen atoms in total. The average molecular weight is 314 g/mol. The number of pyridine rings is 1. The Balaban J connectivity index is 2.07. The van der Waals surface area contributed by atoms with Crippen molar-refractivity contribution in [2.75, 3.05) is 0 Å². The van der Waals surface area contributed by atoms with E-state index in [2.05, 4.69) is 20.9 Å². The summed E-state index contributed by atoms with van der Waals surface area (Å²) in [6.07, 6.45) is 1.11. The highest BCUT2D eigenvalue weighted by molar-refractivity contribution is 9.10. The van der Waals surface area contributed by atoms with Crippen LogP contribution < -0.4 is 0 Å². The van der Waals surface area contributed by atoms with Gasteiger partial charge >= 0.3 is 0 Å². The monoisotopic (exact) mass is 313 g/mol. The van der Waals surface area contributed by atoms with E-state index < -0.39 is 6.10 Å². The minimum Gasteiger partial charge on any atom is -0.384 e. The van der Waals surface area contributed by atoms with Gasteiger partial charge in [-0.05, 0) is 29.3 Å². The van der Waals surface area contributed by atoms with Crippen LogP contribution in [0, 0.1) is 0 Å². The molecule has 0 radical (unpaired) electrons. The fourth-order valence-corrected chi connectivity index (χ4v) is 2.63. The number of aliphatic hydroxyl groups is 1. The van der Waals surface area contributed by atoms with Gasteiger partial charge < -0.3 is 5.11 Å². The summed E-state index contributed by atoms with van der Waals surface area (Å²) in [5.74, 6) is 0. The summed E-state index contributed by atoms with van der Waals surface area (Å²) in [6, 6.07) is 17.5. The van der Waals surface area contributed by atoms with Crippen LogP contribution in [0.5, 0.6) is 0 Å². The van der Waals surface area contributed by atoms with Crippen LogP contribution in [0.15, 0.2) is 65.3 Å². The molecule has 3 heteroatoms. The Labute approximate surface area is 119 Å². The highest BCUT2D eigenvalue weighted by Gasteiger charge is 2.13. The Morgan fingerprint density at radius 3 is 2.68 bits per heavy atom. The molecule has 3 aromatic rings. The maximum Gasteiger partial charge on any atom is 0.105 e. The van der Waals surface area contributed by atoms with Gasteiger partial charge in [0.15, 0.2) is 0 Å². The maximum absolute atomic E-state index is 10.5. The Morgan fingerprint density at radius 1 is 1.00 bits per heavy atom. The number of nitrogens with zero attached hydrogens (tertiary/aromatic N) is 1. The largest absolute Gasteiger partial charge is 0.384 e. The van der Waals surface area contributed by atoms with Crippen molar-refractivity contribution >= 4 is 26.8 Å². The van der Waals surface area contributed by atoms with Crippen LogP contribution in [0.3, 0.4) is 0 Å². The summed E-state index contributed by atoms with van der Waals surface area (Å²) < 4.78 is 0.906. The molecular formula is C16H12BrNO. The summed E-state index contributed by atoms with van der Waals surface area (Å²) in [7, 11) is 0. The van der Waals surface area contributed by atoms with Gasteiger partial charge in [-0.3, -0.25) is 4.98 Å². The zero-order valence-corrected chi connectivity index (χ0v) is 11.7. The van der Waals surface area contributed by atoms with Crippen molar-refractivity contribution in [2.24, 2.45) is 0 Å². The minimum absolute atomic E-state index is 0.651. The van der Waals surface area contributed by atoms with Crippen molar-refractivity contribution in [3.05, 3.63) is 76.4 Å². The van der Waals surface area contributed by atoms with Gasteiger partial charge in [0.05, 0.1) is 5.52 Å². The lowest BCUT2D eigenvalue weighted by Crippen LogP contribution is -2.00. The molecule has 1 atom stereocenters. The predicted octanol–water partition coefficient (Wildman–Crippen LogP) is 4.08. The second kappa shape index (κ2) is 5.11. The zero-order chi connectivity index (χ0) is 13.2. The predicted molar refractivity (Wildman–Crippen MR) is 79.9 cm³/mol. The summed E-state index contributed by atoms with van der Waals surface area (Å²) in [4.78, 5) is 4.32. The van der Waals surface area contributed by atoms with Crippen LogP contribution in [0.1, 0.15) is 17.2 Å². The lowest BCUT2D eigenvalue weighted by molar-refractivity contribution is 0.219. The molecule has 0 aliphatic rings. The van der Waals surface area contributed by atoms with Crippen molar-refractivity contribution < 1.29 is 5.11 Å². The second-order valence-electron chi connectivity index (χ2n) is 4.38. The van der Waals surface area contributed by atoms with Crippen molar-refractivity contribution in [3.63, 3.8) is 0 Å². The number of aliphatic hydroxyl groups excluding tert-OH is 1. The molecule has 3 rings (SSSR count). The first-order valence-corrected chi connectivity index (χ1v) is 6.82. The van der Waals surface area contributed by atoms with Crippen LogP contribution in [0.4, 0.5) is 0 Å². The standard InChI is InChI=1S/C16H12BrNO/c17-14-6-2-1-5-13(14)16(19)12-8-7-11-4-3-9-18-15(11)10-12/h1-10,16,19H. The Morgan fingerprint density at radius 2 is 1.84 bits per heavy atom. The molecule has 0 aliphatic heterocycles. The molecule has 1 heterocycles. The van der Waals surface area contributed by atoms with E-state index in [9.17, 15) is 5.11 Å². The van der Waals surface area contributed by atoms with Gasteiger partial charge in [0.1, 0.15) is 6.10 Å². The Kier molecular flexibility index (Phi) is 3.32. The molecule has 1 aromatic heterocycles. The average Bonchev–Trinajstić information content (AvgIpc) is 2.46. The van der Waals surface area contributed by atoms with Gasteiger partial charge in [-0.25, -0.2) is 0 Å². The molecule has 1 N–H and O–H groups in total. The molecule has 0 saturated carbocycles. The highest BCUT2D eigenvalue weighted by Crippen LogP contribution is 2.29. The van der Waals surface area contributed by atoms with Gasteiger partial charge in [-0.2, -0.15) is 0 Å². The van der Waals surface area contributed by atoms with E-state index in [1.165, 1.54) is 0 Å². The van der Waals surface area contributed by atoms with Crippen molar-refractivity contribution in [1.82, 2.24) is 4.98 Å². The number of hydrogen-bond acceptors (Lipinski definition) is 2. The van der Waals surface area contributed by atoms with Crippen LogP contribution in [0.25, 0.3) is 10.9 Å². The number of hydrogen-bond donors (Lipinski definition) is 1. The SMILES string of the molecule is OC(c1ccc2cccnc2c1)c1ccccc1Br. The molecule has 94 valence electrons. The number of fused-ring (bicyclic) bond motifs is 1. The zero-order valence-electron chi connectivity index (χ0n) is 10.1. The van der Waals surface area contributed by atoms with Gasteiger partial charge in [-0.15, -0.1) is 0 Å². The van der Waals surface area contributed by atoms with Gasteiger partial charge in [0, 0.05) is 16.1 Å². The fraction of sp³-hybridized carbons (Fsp3) is 0.0625. The smallest absolute Gasteiger partial charge is 0.105 e. The van der Waals surface area contributed by atoms with Crippen molar-refractivity contribution in [3.8, 4) is 0 Å².